The maximum Gasteiger partial charge on any atom is 0.229 e. The Hall–Kier alpha value is -4.83. The van der Waals surface area contributed by atoms with Gasteiger partial charge < -0.3 is 29.7 Å². The zero-order chi connectivity index (χ0) is 48.7. The number of hydrogen-bond acceptors (Lipinski definition) is 12. The summed E-state index contributed by atoms with van der Waals surface area (Å²) in [7, 11) is 2.12. The first-order valence-corrected chi connectivity index (χ1v) is 27.0. The van der Waals surface area contributed by atoms with Crippen LogP contribution in [0.4, 0.5) is 37.6 Å². The van der Waals surface area contributed by atoms with E-state index in [1.807, 2.05) is 38.1 Å². The number of benzene rings is 3. The number of carbonyl (C=O) groups is 2. The van der Waals surface area contributed by atoms with E-state index in [0.717, 1.165) is 91.8 Å². The molecule has 356 valence electrons. The topological polar surface area (TPSA) is 145 Å². The number of fused-ring (bicyclic) bond motifs is 1. The van der Waals surface area contributed by atoms with Gasteiger partial charge >= 0.3 is 0 Å². The highest BCUT2D eigenvalue weighted by molar-refractivity contribution is 9.10. The van der Waals surface area contributed by atoms with E-state index in [-0.39, 0.29) is 12.0 Å². The monoisotopic (exact) mass is 1010 g/mol. The van der Waals surface area contributed by atoms with Gasteiger partial charge in [-0.15, -0.1) is 0 Å². The van der Waals surface area contributed by atoms with Crippen LogP contribution in [0.3, 0.4) is 0 Å². The molecule has 3 aliphatic heterocycles. The van der Waals surface area contributed by atoms with Crippen molar-refractivity contribution in [3.05, 3.63) is 93.2 Å². The maximum absolute atomic E-state index is 15.6. The van der Waals surface area contributed by atoms with Gasteiger partial charge in [-0.1, -0.05) is 13.0 Å². The highest BCUT2D eigenvalue weighted by Crippen LogP contribution is 2.44. The van der Waals surface area contributed by atoms with E-state index < -0.39 is 41.1 Å². The third-order valence-electron chi connectivity index (χ3n) is 13.9. The number of nitrogens with zero attached hydrogens (tertiary/aromatic N) is 6. The Morgan fingerprint density at radius 1 is 0.912 bits per heavy atom. The minimum absolute atomic E-state index is 0.0188. The number of nitrogens with one attached hydrogen (secondary N) is 3. The second-order valence-corrected chi connectivity index (χ2v) is 23.7. The molecule has 0 saturated carbocycles. The molecular weight excluding hydrogens is 948 g/mol. The number of amides is 2. The van der Waals surface area contributed by atoms with Crippen LogP contribution in [-0.4, -0.2) is 132 Å². The van der Waals surface area contributed by atoms with Crippen LogP contribution in [0, 0.1) is 18.6 Å². The third kappa shape index (κ3) is 10.4. The number of carbonyl (C=O) groups excluding carboxylic acids is 2. The van der Waals surface area contributed by atoms with Gasteiger partial charge in [0, 0.05) is 97.1 Å². The minimum atomic E-state index is -2.75. The van der Waals surface area contributed by atoms with Crippen molar-refractivity contribution in [3.8, 4) is 5.75 Å². The van der Waals surface area contributed by atoms with E-state index in [9.17, 15) is 14.2 Å². The van der Waals surface area contributed by atoms with E-state index in [1.54, 1.807) is 35.2 Å². The lowest BCUT2D eigenvalue weighted by atomic mass is 9.42. The van der Waals surface area contributed by atoms with Crippen molar-refractivity contribution in [3.63, 3.8) is 0 Å². The summed E-state index contributed by atoms with van der Waals surface area (Å²) in [4.78, 5) is 46.8. The number of ether oxygens (including phenoxy) is 1. The fourth-order valence-electron chi connectivity index (χ4n) is 10.4. The summed E-state index contributed by atoms with van der Waals surface area (Å²) in [6.07, 6.45) is 5.08. The molecule has 3 N–H and O–H groups in total. The first kappa shape index (κ1) is 49.6. The number of rotatable bonds is 14. The number of anilines is 5. The van der Waals surface area contributed by atoms with Gasteiger partial charge in [0.05, 0.1) is 28.0 Å². The van der Waals surface area contributed by atoms with Crippen LogP contribution in [-0.2, 0) is 32.3 Å². The standard InChI is InChI=1S/C48H60B3BrF2N9O4P/c1-6-30-24-38(58-46-55-26-33(52)43(59-46)57-37-11-10-36-32(9-8-28(3)56-36)42(37)68(4,5)66)40(67-7-2)25-39(30)63-16-13-31(14-17-63)62-20-18-61(19-21-62)15-12-29-22-34(53)41(35(54)23-29)47(49)27-48(50,51)45(65)60-44(47)64/h8-11,22-26,31H,6-7,12-21,27,49-51H2,1-5H3,(H,60,64,65)(H2,55,57,58,59). The molecule has 0 spiro atoms. The Kier molecular flexibility index (Phi) is 14.5. The number of piperazine rings is 1. The molecule has 1 atom stereocenters. The van der Waals surface area contributed by atoms with Crippen molar-refractivity contribution in [2.75, 3.05) is 81.3 Å². The average molecular weight is 1010 g/mol. The third-order valence-corrected chi connectivity index (χ3v) is 16.0. The van der Waals surface area contributed by atoms with Crippen molar-refractivity contribution in [2.24, 2.45) is 0 Å². The second-order valence-electron chi connectivity index (χ2n) is 19.7. The number of piperidine rings is 2. The zero-order valence-electron chi connectivity index (χ0n) is 40.4. The molecule has 0 aliphatic carbocycles. The Labute approximate surface area is 409 Å². The molecule has 2 aromatic heterocycles. The van der Waals surface area contributed by atoms with Crippen molar-refractivity contribution < 1.29 is 27.7 Å². The zero-order valence-corrected chi connectivity index (χ0v) is 42.8. The van der Waals surface area contributed by atoms with Crippen LogP contribution < -0.4 is 30.9 Å². The maximum atomic E-state index is 15.6. The van der Waals surface area contributed by atoms with E-state index >= 15 is 8.78 Å². The summed E-state index contributed by atoms with van der Waals surface area (Å²) in [5.74, 6) is -0.997. The Morgan fingerprint density at radius 2 is 1.62 bits per heavy atom. The van der Waals surface area contributed by atoms with Gasteiger partial charge in [0.25, 0.3) is 0 Å². The van der Waals surface area contributed by atoms with E-state index in [2.05, 4.69) is 75.6 Å². The normalized spacial score (nSPS) is 19.6. The Morgan fingerprint density at radius 3 is 2.28 bits per heavy atom. The largest absolute Gasteiger partial charge is 0.492 e. The van der Waals surface area contributed by atoms with Gasteiger partial charge in [-0.05, 0) is 128 Å². The average Bonchev–Trinajstić information content (AvgIpc) is 3.28. The number of pyridine rings is 1. The summed E-state index contributed by atoms with van der Waals surface area (Å²) < 4.78 is 51.8. The molecule has 0 radical (unpaired) electrons. The predicted octanol–water partition coefficient (Wildman–Crippen LogP) is 5.16. The number of aromatic nitrogens is 3. The molecule has 0 bridgehead atoms. The fourth-order valence-corrected chi connectivity index (χ4v) is 12.1. The molecule has 20 heteroatoms. The highest BCUT2D eigenvalue weighted by atomic mass is 79.9. The van der Waals surface area contributed by atoms with Crippen LogP contribution in [0.25, 0.3) is 10.9 Å². The quantitative estimate of drug-likeness (QED) is 0.0769. The van der Waals surface area contributed by atoms with Crippen LogP contribution in [0.5, 0.6) is 5.75 Å². The van der Waals surface area contributed by atoms with Crippen LogP contribution in [0.1, 0.15) is 55.5 Å². The lowest BCUT2D eigenvalue weighted by molar-refractivity contribution is -0.136. The minimum Gasteiger partial charge on any atom is -0.492 e. The van der Waals surface area contributed by atoms with Gasteiger partial charge in [-0.3, -0.25) is 24.8 Å². The summed E-state index contributed by atoms with van der Waals surface area (Å²) >= 11 is 3.62. The number of halogens is 3. The van der Waals surface area contributed by atoms with Crippen LogP contribution in [0.15, 0.2) is 59.2 Å². The Balaban J connectivity index is 0.882. The second kappa shape index (κ2) is 19.9. The molecule has 3 aliphatic rings. The number of hydrogen-bond donors (Lipinski definition) is 3. The summed E-state index contributed by atoms with van der Waals surface area (Å²) in [5, 5.41) is 8.32. The lowest BCUT2D eigenvalue weighted by Gasteiger charge is -2.43. The van der Waals surface area contributed by atoms with E-state index in [1.165, 1.54) is 25.5 Å². The first-order chi connectivity index (χ1) is 32.3. The van der Waals surface area contributed by atoms with Gasteiger partial charge in [-0.25, -0.2) is 13.8 Å². The molecule has 68 heavy (non-hydrogen) atoms. The van der Waals surface area contributed by atoms with Gasteiger partial charge in [-0.2, -0.15) is 4.98 Å². The number of imide groups is 1. The summed E-state index contributed by atoms with van der Waals surface area (Å²) in [6.45, 7) is 16.2. The van der Waals surface area contributed by atoms with E-state index in [0.29, 0.717) is 58.9 Å². The first-order valence-electron chi connectivity index (χ1n) is 23.7. The van der Waals surface area contributed by atoms with Gasteiger partial charge in [0.15, 0.2) is 0 Å². The van der Waals surface area contributed by atoms with Gasteiger partial charge in [0.1, 0.15) is 53.9 Å². The molecule has 3 aromatic carbocycles. The van der Waals surface area contributed by atoms with Crippen molar-refractivity contribution in [1.29, 1.82) is 0 Å². The van der Waals surface area contributed by atoms with Gasteiger partial charge in [0.2, 0.25) is 17.8 Å². The SMILES string of the molecule is BC1(B)CC(B)(c2c(F)cc(CCN3CCN(C4CCN(c5cc(OCC)c(Nc6ncc(Br)c(Nc7ccc8nc(C)ccc8c7P(C)(C)=O)n6)cc5CC)CC4)CC3)cc2F)C(=O)NC1=O. The molecule has 2 amide bonds. The van der Waals surface area contributed by atoms with Crippen molar-refractivity contribution in [1.82, 2.24) is 30.1 Å². The Bertz CT molecular complexity index is 2780. The molecule has 3 saturated heterocycles. The highest BCUT2D eigenvalue weighted by Gasteiger charge is 2.50. The summed E-state index contributed by atoms with van der Waals surface area (Å²) in [6, 6.07) is 15.2. The molecule has 5 aromatic rings. The number of aryl methyl sites for hydroxylation is 2. The van der Waals surface area contributed by atoms with Crippen molar-refractivity contribution in [2.45, 2.75) is 69.4 Å². The fraction of sp³-hybridized carbons (Fsp3) is 0.438. The molecular formula is C48H60B3BrF2N9O4P. The summed E-state index contributed by atoms with van der Waals surface area (Å²) in [5.41, 5.74) is 5.77. The van der Waals surface area contributed by atoms with Crippen LogP contribution >= 0.6 is 23.1 Å². The molecule has 8 rings (SSSR count). The molecule has 3 fully saturated rings. The smallest absolute Gasteiger partial charge is 0.229 e. The predicted molar refractivity (Wildman–Crippen MR) is 280 cm³/mol. The molecule has 1 unspecified atom stereocenters. The molecule has 5 heterocycles. The van der Waals surface area contributed by atoms with Crippen LogP contribution in [0.2, 0.25) is 5.21 Å². The molecule has 13 nitrogen and oxygen atoms in total. The van der Waals surface area contributed by atoms with E-state index in [4.69, 9.17) is 9.72 Å². The van der Waals surface area contributed by atoms with Crippen molar-refractivity contribution >= 4 is 103 Å². The lowest BCUT2D eigenvalue weighted by Crippen LogP contribution is -2.59.